The third kappa shape index (κ3) is 2.87. The van der Waals surface area contributed by atoms with Crippen molar-refractivity contribution >= 4 is 0 Å². The van der Waals surface area contributed by atoms with Gasteiger partial charge >= 0.3 is 0 Å². The molecule has 0 saturated heterocycles. The molecule has 5 nitrogen and oxygen atoms in total. The second-order valence-electron chi connectivity index (χ2n) is 4.00. The molecule has 0 unspecified atom stereocenters. The highest BCUT2D eigenvalue weighted by atomic mass is 16.5. The molecule has 0 aliphatic rings. The van der Waals surface area contributed by atoms with Gasteiger partial charge < -0.3 is 10.1 Å². The van der Waals surface area contributed by atoms with Gasteiger partial charge in [-0.1, -0.05) is 6.92 Å². The van der Waals surface area contributed by atoms with Crippen LogP contribution in [0.1, 0.15) is 18.9 Å². The van der Waals surface area contributed by atoms with Crippen molar-refractivity contribution in [2.75, 3.05) is 13.7 Å². The first-order valence-electron chi connectivity index (χ1n) is 6.10. The first-order valence-corrected chi connectivity index (χ1v) is 6.10. The maximum absolute atomic E-state index is 5.54. The quantitative estimate of drug-likeness (QED) is 0.844. The molecule has 96 valence electrons. The fourth-order valence-electron chi connectivity index (χ4n) is 1.70. The van der Waals surface area contributed by atoms with Gasteiger partial charge in [-0.15, -0.1) is 0 Å². The van der Waals surface area contributed by atoms with E-state index in [0.717, 1.165) is 30.0 Å². The Hall–Kier alpha value is -1.88. The monoisotopic (exact) mass is 246 g/mol. The lowest BCUT2D eigenvalue weighted by Crippen LogP contribution is -2.09. The van der Waals surface area contributed by atoms with Gasteiger partial charge in [0.15, 0.2) is 5.75 Å². The van der Waals surface area contributed by atoms with E-state index in [-0.39, 0.29) is 0 Å². The molecule has 2 heterocycles. The number of rotatable bonds is 6. The molecule has 0 atom stereocenters. The average Bonchev–Trinajstić information content (AvgIpc) is 2.86. The summed E-state index contributed by atoms with van der Waals surface area (Å²) < 4.78 is 7.36. The average molecular weight is 246 g/mol. The summed E-state index contributed by atoms with van der Waals surface area (Å²) in [5, 5.41) is 7.44. The predicted molar refractivity (Wildman–Crippen MR) is 69.9 cm³/mol. The smallest absolute Gasteiger partial charge is 0.157 e. The minimum absolute atomic E-state index is 0.714. The first-order chi connectivity index (χ1) is 8.85. The minimum atomic E-state index is 0.714. The Bertz CT molecular complexity index is 495. The van der Waals surface area contributed by atoms with Crippen LogP contribution in [0.25, 0.3) is 5.69 Å². The first kappa shape index (κ1) is 12.6. The van der Waals surface area contributed by atoms with Crippen LogP contribution in [0.4, 0.5) is 0 Å². The maximum atomic E-state index is 5.54. The molecule has 0 bridgehead atoms. The van der Waals surface area contributed by atoms with E-state index in [1.54, 1.807) is 12.4 Å². The molecular weight excluding hydrogens is 228 g/mol. The number of aromatic nitrogens is 3. The van der Waals surface area contributed by atoms with Gasteiger partial charge in [0, 0.05) is 24.5 Å². The SMILES string of the molecule is CCCOc1cnn(-c2ccncc2CNC)c1. The van der Waals surface area contributed by atoms with Crippen molar-refractivity contribution < 1.29 is 4.74 Å². The Morgan fingerprint density at radius 3 is 3.06 bits per heavy atom. The summed E-state index contributed by atoms with van der Waals surface area (Å²) in [4.78, 5) is 4.13. The molecule has 2 aromatic rings. The highest BCUT2D eigenvalue weighted by molar-refractivity contribution is 5.39. The van der Waals surface area contributed by atoms with Crippen molar-refractivity contribution in [3.63, 3.8) is 0 Å². The second kappa shape index (κ2) is 6.16. The third-order valence-corrected chi connectivity index (χ3v) is 2.52. The molecule has 2 rings (SSSR count). The molecule has 0 radical (unpaired) electrons. The van der Waals surface area contributed by atoms with Crippen LogP contribution in [-0.4, -0.2) is 28.4 Å². The van der Waals surface area contributed by atoms with E-state index in [0.29, 0.717) is 6.61 Å². The number of ether oxygens (including phenoxy) is 1. The molecule has 5 heteroatoms. The molecule has 0 aromatic carbocycles. The summed E-state index contributed by atoms with van der Waals surface area (Å²) >= 11 is 0. The number of pyridine rings is 1. The van der Waals surface area contributed by atoms with Crippen LogP contribution < -0.4 is 10.1 Å². The Balaban J connectivity index is 2.22. The zero-order valence-electron chi connectivity index (χ0n) is 10.8. The topological polar surface area (TPSA) is 52.0 Å². The van der Waals surface area contributed by atoms with E-state index in [4.69, 9.17) is 4.74 Å². The lowest BCUT2D eigenvalue weighted by atomic mass is 10.2. The van der Waals surface area contributed by atoms with Crippen molar-refractivity contribution in [3.05, 3.63) is 36.4 Å². The molecule has 0 aliphatic carbocycles. The largest absolute Gasteiger partial charge is 0.490 e. The summed E-state index contributed by atoms with van der Waals surface area (Å²) in [6.07, 6.45) is 8.23. The molecule has 18 heavy (non-hydrogen) atoms. The zero-order chi connectivity index (χ0) is 12.8. The van der Waals surface area contributed by atoms with Crippen molar-refractivity contribution in [1.82, 2.24) is 20.1 Å². The van der Waals surface area contributed by atoms with Crippen LogP contribution in [0.2, 0.25) is 0 Å². The molecule has 0 saturated carbocycles. The van der Waals surface area contributed by atoms with Crippen LogP contribution in [-0.2, 0) is 6.54 Å². The Morgan fingerprint density at radius 1 is 1.39 bits per heavy atom. The van der Waals surface area contributed by atoms with Gasteiger partial charge in [0.1, 0.15) is 0 Å². The molecule has 0 amide bonds. The highest BCUT2D eigenvalue weighted by Crippen LogP contribution is 2.16. The minimum Gasteiger partial charge on any atom is -0.490 e. The summed E-state index contributed by atoms with van der Waals surface area (Å²) in [5.74, 6) is 0.795. The van der Waals surface area contributed by atoms with Crippen molar-refractivity contribution in [2.45, 2.75) is 19.9 Å². The van der Waals surface area contributed by atoms with Crippen LogP contribution in [0.5, 0.6) is 5.75 Å². The van der Waals surface area contributed by atoms with Crippen LogP contribution in [0, 0.1) is 0 Å². The van der Waals surface area contributed by atoms with E-state index >= 15 is 0 Å². The second-order valence-corrected chi connectivity index (χ2v) is 4.00. The van der Waals surface area contributed by atoms with Crippen molar-refractivity contribution in [2.24, 2.45) is 0 Å². The fourth-order valence-corrected chi connectivity index (χ4v) is 1.70. The normalized spacial score (nSPS) is 10.6. The lowest BCUT2D eigenvalue weighted by Gasteiger charge is -2.07. The lowest BCUT2D eigenvalue weighted by molar-refractivity contribution is 0.317. The van der Waals surface area contributed by atoms with Crippen LogP contribution in [0.3, 0.4) is 0 Å². The van der Waals surface area contributed by atoms with E-state index in [9.17, 15) is 0 Å². The van der Waals surface area contributed by atoms with Crippen molar-refractivity contribution in [1.29, 1.82) is 0 Å². The Morgan fingerprint density at radius 2 is 2.28 bits per heavy atom. The Kier molecular flexibility index (Phi) is 4.30. The third-order valence-electron chi connectivity index (χ3n) is 2.52. The molecule has 1 N–H and O–H groups in total. The van der Waals surface area contributed by atoms with Gasteiger partial charge in [-0.2, -0.15) is 5.10 Å². The maximum Gasteiger partial charge on any atom is 0.157 e. The van der Waals surface area contributed by atoms with E-state index in [1.165, 1.54) is 0 Å². The number of nitrogens with one attached hydrogen (secondary N) is 1. The molecular formula is C13H18N4O. The number of hydrogen-bond acceptors (Lipinski definition) is 4. The van der Waals surface area contributed by atoms with Gasteiger partial charge in [0.05, 0.1) is 24.7 Å². The van der Waals surface area contributed by atoms with Gasteiger partial charge in [-0.05, 0) is 19.5 Å². The van der Waals surface area contributed by atoms with Crippen LogP contribution in [0.15, 0.2) is 30.9 Å². The standard InChI is InChI=1S/C13H18N4O/c1-3-6-18-12-9-16-17(10-12)13-4-5-15-8-11(13)7-14-2/h4-5,8-10,14H,3,6-7H2,1-2H3. The summed E-state index contributed by atoms with van der Waals surface area (Å²) in [6.45, 7) is 3.55. The fraction of sp³-hybridized carbons (Fsp3) is 0.385. The van der Waals surface area contributed by atoms with E-state index in [1.807, 2.05) is 30.2 Å². The van der Waals surface area contributed by atoms with Crippen molar-refractivity contribution in [3.8, 4) is 11.4 Å². The summed E-state index contributed by atoms with van der Waals surface area (Å²) in [5.41, 5.74) is 2.12. The number of hydrogen-bond donors (Lipinski definition) is 1. The van der Waals surface area contributed by atoms with Gasteiger partial charge in [-0.25, -0.2) is 4.68 Å². The van der Waals surface area contributed by atoms with Gasteiger partial charge in [0.2, 0.25) is 0 Å². The molecule has 2 aromatic heterocycles. The number of nitrogens with zero attached hydrogens (tertiary/aromatic N) is 3. The molecule has 0 aliphatic heterocycles. The van der Waals surface area contributed by atoms with E-state index < -0.39 is 0 Å². The zero-order valence-corrected chi connectivity index (χ0v) is 10.8. The summed E-state index contributed by atoms with van der Waals surface area (Å²) in [7, 11) is 1.91. The van der Waals surface area contributed by atoms with Gasteiger partial charge in [-0.3, -0.25) is 4.98 Å². The molecule has 0 spiro atoms. The predicted octanol–water partition coefficient (Wildman–Crippen LogP) is 1.78. The van der Waals surface area contributed by atoms with Gasteiger partial charge in [0.25, 0.3) is 0 Å². The Labute approximate surface area is 107 Å². The van der Waals surface area contributed by atoms with E-state index in [2.05, 4.69) is 22.3 Å². The highest BCUT2D eigenvalue weighted by Gasteiger charge is 2.06. The van der Waals surface area contributed by atoms with Crippen LogP contribution >= 0.6 is 0 Å². The molecule has 0 fully saturated rings. The summed E-state index contributed by atoms with van der Waals surface area (Å²) in [6, 6.07) is 1.95.